The van der Waals surface area contributed by atoms with Gasteiger partial charge in [0, 0.05) is 13.2 Å². The van der Waals surface area contributed by atoms with E-state index in [9.17, 15) is 0 Å². The maximum atomic E-state index is 5.87. The average Bonchev–Trinajstić information content (AvgIpc) is 3.30. The summed E-state index contributed by atoms with van der Waals surface area (Å²) in [6, 6.07) is 0. The Morgan fingerprint density at radius 3 is 1.11 bits per heavy atom. The molecule has 0 aromatic carbocycles. The Kier molecular flexibility index (Phi) is 17.7. The Balaban J connectivity index is 0.000000594. The Labute approximate surface area is 241 Å². The SMILES string of the molecule is CC(C)(C)[C]1[CH][CH][C](CCO[Si](C)(C)C)[CH]1.CC(C)(C)[C]1[CH][CH][C](CCO[Si](C)(C)C)[CH]1.[Cl][Zr+2][Cl]. The van der Waals surface area contributed by atoms with E-state index in [1.807, 2.05) is 0 Å². The van der Waals surface area contributed by atoms with Gasteiger partial charge in [-0.1, -0.05) is 41.5 Å². The summed E-state index contributed by atoms with van der Waals surface area (Å²) in [7, 11) is 7.19. The van der Waals surface area contributed by atoms with Gasteiger partial charge in [0.1, 0.15) is 0 Å². The van der Waals surface area contributed by atoms with E-state index in [-0.39, 0.29) is 10.8 Å². The Hall–Kier alpha value is 1.82. The molecule has 35 heavy (non-hydrogen) atoms. The molecule has 0 atom stereocenters. The van der Waals surface area contributed by atoms with Crippen molar-refractivity contribution in [1.82, 2.24) is 0 Å². The van der Waals surface area contributed by atoms with E-state index < -0.39 is 37.5 Å². The van der Waals surface area contributed by atoms with E-state index in [2.05, 4.69) is 119 Å². The third-order valence-electron chi connectivity index (χ3n) is 5.22. The van der Waals surface area contributed by atoms with Gasteiger partial charge in [-0.05, 0) is 125 Å². The number of rotatable bonds is 8. The van der Waals surface area contributed by atoms with Gasteiger partial charge in [-0.3, -0.25) is 0 Å². The maximum absolute atomic E-state index is 5.87. The molecule has 0 heterocycles. The van der Waals surface area contributed by atoms with E-state index >= 15 is 0 Å². The predicted octanol–water partition coefficient (Wildman–Crippen LogP) is 9.48. The molecule has 0 spiro atoms. The minimum absolute atomic E-state index is 0.262. The van der Waals surface area contributed by atoms with Gasteiger partial charge in [-0.25, -0.2) is 0 Å². The van der Waals surface area contributed by atoms with Crippen molar-refractivity contribution >= 4 is 33.7 Å². The summed E-state index contributed by atoms with van der Waals surface area (Å²) in [4.78, 5) is 0. The van der Waals surface area contributed by atoms with Crippen LogP contribution >= 0.6 is 17.0 Å². The van der Waals surface area contributed by atoms with Crippen molar-refractivity contribution in [2.75, 3.05) is 13.2 Å². The molecule has 0 aromatic rings. The van der Waals surface area contributed by atoms with Gasteiger partial charge in [-0.15, -0.1) is 0 Å². The minimum atomic E-state index is -1.34. The molecule has 0 aliphatic heterocycles. The fourth-order valence-electron chi connectivity index (χ4n) is 3.18. The fraction of sp³-hybridized carbons (Fsp3) is 0.643. The average molecular weight is 637 g/mol. The third kappa shape index (κ3) is 19.5. The van der Waals surface area contributed by atoms with Gasteiger partial charge in [0.25, 0.3) is 0 Å². The Morgan fingerprint density at radius 1 is 0.629 bits per heavy atom. The van der Waals surface area contributed by atoms with Crippen molar-refractivity contribution in [3.05, 3.63) is 62.2 Å². The van der Waals surface area contributed by atoms with Crippen LogP contribution in [-0.2, 0) is 29.7 Å². The molecular weight excluding hydrogens is 587 g/mol. The third-order valence-corrected chi connectivity index (χ3v) is 7.36. The zero-order valence-electron chi connectivity index (χ0n) is 24.4. The van der Waals surface area contributed by atoms with Crippen LogP contribution in [0.25, 0.3) is 0 Å². The van der Waals surface area contributed by atoms with Crippen molar-refractivity contribution in [1.29, 1.82) is 0 Å². The van der Waals surface area contributed by atoms with Gasteiger partial charge in [0.15, 0.2) is 16.6 Å². The monoisotopic (exact) mass is 634 g/mol. The summed E-state index contributed by atoms with van der Waals surface area (Å²) < 4.78 is 11.7. The van der Waals surface area contributed by atoms with Gasteiger partial charge < -0.3 is 8.85 Å². The molecule has 0 saturated heterocycles. The first-order valence-electron chi connectivity index (χ1n) is 12.5. The van der Waals surface area contributed by atoms with Crippen LogP contribution in [0.3, 0.4) is 0 Å². The van der Waals surface area contributed by atoms with Crippen LogP contribution in [0.4, 0.5) is 0 Å². The van der Waals surface area contributed by atoms with Crippen LogP contribution in [-0.4, -0.2) is 29.8 Å². The molecule has 10 radical (unpaired) electrons. The summed E-state index contributed by atoms with van der Waals surface area (Å²) in [6.07, 6.45) is 15.7. The van der Waals surface area contributed by atoms with Gasteiger partial charge in [0.2, 0.25) is 0 Å². The summed E-state index contributed by atoms with van der Waals surface area (Å²) in [5, 5.41) is 0. The zero-order valence-corrected chi connectivity index (χ0v) is 30.3. The molecule has 0 amide bonds. The first kappa shape index (κ1) is 36.8. The Morgan fingerprint density at radius 2 is 0.914 bits per heavy atom. The Bertz CT molecular complexity index is 503. The van der Waals surface area contributed by atoms with E-state index in [4.69, 9.17) is 25.9 Å². The first-order chi connectivity index (χ1) is 15.8. The van der Waals surface area contributed by atoms with E-state index in [0.717, 1.165) is 26.1 Å². The summed E-state index contributed by atoms with van der Waals surface area (Å²) in [6.45, 7) is 28.7. The second-order valence-electron chi connectivity index (χ2n) is 13.0. The molecule has 0 unspecified atom stereocenters. The second kappa shape index (κ2) is 16.8. The van der Waals surface area contributed by atoms with Crippen molar-refractivity contribution in [3.8, 4) is 0 Å². The predicted molar refractivity (Wildman–Crippen MR) is 157 cm³/mol. The van der Waals surface area contributed by atoms with E-state index in [0.29, 0.717) is 0 Å². The van der Waals surface area contributed by atoms with E-state index in [1.165, 1.54) is 23.7 Å². The van der Waals surface area contributed by atoms with Crippen LogP contribution in [0.5, 0.6) is 0 Å². The molecule has 0 bridgehead atoms. The standard InChI is InChI=1S/2C14H25OSi.2ClH.Zr/c2*1-14(2,3)13-8-7-12(11-13)9-10-15-16(4,5)6;;;/h2*7-8,11H,9-10H2,1-6H3;2*1H;/q;;;;+4/p-2. The number of halogens is 2. The van der Waals surface area contributed by atoms with Crippen LogP contribution in [0.1, 0.15) is 54.4 Å². The second-order valence-corrected chi connectivity index (χ2v) is 25.8. The number of hydrogen-bond acceptors (Lipinski definition) is 2. The molecule has 2 fully saturated rings. The molecule has 2 nitrogen and oxygen atoms in total. The summed E-state index contributed by atoms with van der Waals surface area (Å²) >= 11 is -0.826. The molecule has 2 rings (SSSR count). The molecule has 7 heteroatoms. The summed E-state index contributed by atoms with van der Waals surface area (Å²) in [5.74, 6) is 5.66. The quantitative estimate of drug-likeness (QED) is 0.247. The van der Waals surface area contributed by atoms with Gasteiger partial charge in [-0.2, -0.15) is 0 Å². The van der Waals surface area contributed by atoms with Gasteiger partial charge >= 0.3 is 37.9 Å². The topological polar surface area (TPSA) is 18.5 Å². The van der Waals surface area contributed by atoms with Crippen molar-refractivity contribution in [3.63, 3.8) is 0 Å². The summed E-state index contributed by atoms with van der Waals surface area (Å²) in [5.41, 5.74) is 0.524. The van der Waals surface area contributed by atoms with Crippen LogP contribution < -0.4 is 0 Å². The molecular formula is C28H50Cl2O2Si2Zr+2. The van der Waals surface area contributed by atoms with Crippen molar-refractivity contribution in [2.45, 2.75) is 93.7 Å². The molecule has 2 saturated carbocycles. The van der Waals surface area contributed by atoms with Crippen molar-refractivity contribution in [2.24, 2.45) is 10.8 Å². The zero-order chi connectivity index (χ0) is 27.5. The first-order valence-corrected chi connectivity index (χ1v) is 25.7. The molecule has 2 aliphatic carbocycles. The molecule has 0 N–H and O–H groups in total. The van der Waals surface area contributed by atoms with Crippen LogP contribution in [0, 0.1) is 73.0 Å². The van der Waals surface area contributed by atoms with Crippen LogP contribution in [0.2, 0.25) is 39.3 Å². The van der Waals surface area contributed by atoms with Gasteiger partial charge in [0.05, 0.1) is 0 Å². The fourth-order valence-corrected chi connectivity index (χ4v) is 4.61. The van der Waals surface area contributed by atoms with Crippen molar-refractivity contribution < 1.29 is 29.7 Å². The number of hydrogen-bond donors (Lipinski definition) is 0. The van der Waals surface area contributed by atoms with E-state index in [1.54, 1.807) is 0 Å². The molecule has 198 valence electrons. The van der Waals surface area contributed by atoms with Crippen LogP contribution in [0.15, 0.2) is 0 Å². The molecule has 0 aromatic heterocycles. The normalized spacial score (nSPS) is 19.1. The molecule has 2 aliphatic rings.